The third-order valence-electron chi connectivity index (χ3n) is 7.31. The third-order valence-corrected chi connectivity index (χ3v) is 7.31. The average molecular weight is 478 g/mol. The fraction of sp³-hybridized carbons (Fsp3) is 0.400. The largest absolute Gasteiger partial charge is 0.371 e. The van der Waals surface area contributed by atoms with Crippen molar-refractivity contribution in [3.05, 3.63) is 94.0 Å². The highest BCUT2D eigenvalue weighted by Gasteiger charge is 2.49. The Bertz CT molecular complexity index is 1250. The number of hydrogen-bond acceptors (Lipinski definition) is 3. The quantitative estimate of drug-likeness (QED) is 0.450. The van der Waals surface area contributed by atoms with Gasteiger partial charge in [0.15, 0.2) is 11.6 Å². The van der Waals surface area contributed by atoms with Gasteiger partial charge in [-0.2, -0.15) is 0 Å². The second-order valence-electron chi connectivity index (χ2n) is 10.7. The minimum atomic E-state index is -0.815. The van der Waals surface area contributed by atoms with Crippen LogP contribution >= 0.6 is 0 Å². The predicted molar refractivity (Wildman–Crippen MR) is 134 cm³/mol. The zero-order valence-corrected chi connectivity index (χ0v) is 20.9. The summed E-state index contributed by atoms with van der Waals surface area (Å²) < 4.78 is 40.7. The molecule has 2 heterocycles. The van der Waals surface area contributed by atoms with Crippen LogP contribution in [0.1, 0.15) is 60.9 Å². The fourth-order valence-corrected chi connectivity index (χ4v) is 5.56. The highest BCUT2D eigenvalue weighted by atomic mass is 19.2. The molecule has 0 aromatic heterocycles. The van der Waals surface area contributed by atoms with Crippen LogP contribution in [0.4, 0.5) is 8.78 Å². The molecule has 3 aromatic carbocycles. The smallest absolute Gasteiger partial charge is 0.159 e. The first-order chi connectivity index (χ1) is 16.7. The Morgan fingerprint density at radius 1 is 1.06 bits per heavy atom. The van der Waals surface area contributed by atoms with Crippen LogP contribution in [0.15, 0.2) is 54.6 Å². The van der Waals surface area contributed by atoms with Crippen molar-refractivity contribution in [2.45, 2.75) is 64.4 Å². The first-order valence-electron chi connectivity index (χ1n) is 12.3. The third kappa shape index (κ3) is 4.53. The van der Waals surface area contributed by atoms with Gasteiger partial charge in [0.05, 0.1) is 18.8 Å². The molecule has 0 amide bonds. The molecule has 35 heavy (non-hydrogen) atoms. The highest BCUT2D eigenvalue weighted by molar-refractivity contribution is 5.68. The second kappa shape index (κ2) is 9.12. The molecule has 1 saturated heterocycles. The van der Waals surface area contributed by atoms with Crippen molar-refractivity contribution in [2.75, 3.05) is 13.1 Å². The minimum absolute atomic E-state index is 0.00382. The Kier molecular flexibility index (Phi) is 6.28. The van der Waals surface area contributed by atoms with Crippen LogP contribution in [-0.4, -0.2) is 18.7 Å². The first kappa shape index (κ1) is 24.1. The van der Waals surface area contributed by atoms with Crippen LogP contribution in [0.2, 0.25) is 0 Å². The van der Waals surface area contributed by atoms with E-state index in [0.29, 0.717) is 26.2 Å². The van der Waals surface area contributed by atoms with Crippen molar-refractivity contribution >= 4 is 0 Å². The van der Waals surface area contributed by atoms with Crippen LogP contribution in [-0.2, 0) is 28.3 Å². The maximum Gasteiger partial charge on any atom is 0.159 e. The molecule has 3 aromatic rings. The molecule has 2 aliphatic heterocycles. The summed E-state index contributed by atoms with van der Waals surface area (Å²) in [4.78, 5) is 0. The van der Waals surface area contributed by atoms with E-state index in [1.54, 1.807) is 0 Å². The number of nitrogens with one attached hydrogen (secondary N) is 1. The molecule has 0 aliphatic carbocycles. The molecular weight excluding hydrogens is 444 g/mol. The van der Waals surface area contributed by atoms with Gasteiger partial charge in [-0.25, -0.2) is 8.78 Å². The lowest BCUT2D eigenvalue weighted by Gasteiger charge is -2.42. The lowest BCUT2D eigenvalue weighted by Crippen LogP contribution is -2.46. The molecule has 0 radical (unpaired) electrons. The van der Waals surface area contributed by atoms with Crippen molar-refractivity contribution in [1.29, 1.82) is 0 Å². The summed E-state index contributed by atoms with van der Waals surface area (Å²) in [6.07, 6.45) is 0.712. The Balaban J connectivity index is 1.51. The summed E-state index contributed by atoms with van der Waals surface area (Å²) in [6.45, 7) is 10.6. The lowest BCUT2D eigenvalue weighted by atomic mass is 9.72. The standard InChI is InChI=1S/C30H33F2NO2/c1-19-13-20(24-8-6-5-7-21(24)17-34-29(2,3)4)9-10-23(19)26-16-33-12-11-30(26)25-15-28(32)27(31)14-22(25)18-35-30/h5-10,13-15,26,33H,11-12,16-18H2,1-4H3/t26-,30+/m1/s1. The van der Waals surface area contributed by atoms with Gasteiger partial charge in [-0.3, -0.25) is 0 Å². The number of benzene rings is 3. The van der Waals surface area contributed by atoms with Gasteiger partial charge < -0.3 is 14.8 Å². The van der Waals surface area contributed by atoms with E-state index < -0.39 is 17.2 Å². The van der Waals surface area contributed by atoms with E-state index in [2.05, 4.69) is 69.4 Å². The summed E-state index contributed by atoms with van der Waals surface area (Å²) >= 11 is 0. The molecule has 1 spiro atoms. The summed E-state index contributed by atoms with van der Waals surface area (Å²) in [5.41, 5.74) is 6.43. The van der Waals surface area contributed by atoms with Gasteiger partial charge in [0.25, 0.3) is 0 Å². The molecule has 5 rings (SSSR count). The molecule has 0 bridgehead atoms. The number of halogens is 2. The Hall–Kier alpha value is -2.60. The number of piperidine rings is 1. The van der Waals surface area contributed by atoms with E-state index in [1.165, 1.54) is 17.7 Å². The number of fused-ring (bicyclic) bond motifs is 2. The molecule has 0 saturated carbocycles. The molecule has 2 atom stereocenters. The molecule has 2 aliphatic rings. The number of ether oxygens (including phenoxy) is 2. The van der Waals surface area contributed by atoms with Crippen molar-refractivity contribution in [3.63, 3.8) is 0 Å². The maximum absolute atomic E-state index is 14.3. The van der Waals surface area contributed by atoms with Gasteiger partial charge in [0, 0.05) is 12.5 Å². The van der Waals surface area contributed by atoms with E-state index >= 15 is 0 Å². The van der Waals surface area contributed by atoms with Crippen molar-refractivity contribution < 1.29 is 18.3 Å². The highest BCUT2D eigenvalue weighted by Crippen LogP contribution is 2.51. The van der Waals surface area contributed by atoms with Crippen LogP contribution in [0, 0.1) is 18.6 Å². The Morgan fingerprint density at radius 2 is 1.83 bits per heavy atom. The molecule has 0 unspecified atom stereocenters. The predicted octanol–water partition coefficient (Wildman–Crippen LogP) is 6.76. The fourth-order valence-electron chi connectivity index (χ4n) is 5.56. The van der Waals surface area contributed by atoms with Crippen LogP contribution < -0.4 is 5.32 Å². The Labute approximate surface area is 206 Å². The number of aryl methyl sites for hydroxylation is 1. The van der Waals surface area contributed by atoms with E-state index in [9.17, 15) is 8.78 Å². The molecule has 184 valence electrons. The van der Waals surface area contributed by atoms with E-state index in [1.807, 2.05) is 6.07 Å². The zero-order chi connectivity index (χ0) is 24.8. The first-order valence-corrected chi connectivity index (χ1v) is 12.3. The maximum atomic E-state index is 14.3. The SMILES string of the molecule is Cc1cc(-c2ccccc2COC(C)(C)C)ccc1[C@H]1CNCC[C@@]12OCc1cc(F)c(F)cc12. The van der Waals surface area contributed by atoms with Crippen molar-refractivity contribution in [2.24, 2.45) is 0 Å². The van der Waals surface area contributed by atoms with Crippen molar-refractivity contribution in [1.82, 2.24) is 5.32 Å². The Morgan fingerprint density at radius 3 is 2.60 bits per heavy atom. The van der Waals surface area contributed by atoms with E-state index in [-0.39, 0.29) is 11.5 Å². The van der Waals surface area contributed by atoms with Gasteiger partial charge in [0.1, 0.15) is 5.60 Å². The summed E-state index contributed by atoms with van der Waals surface area (Å²) in [6, 6.07) is 17.5. The molecule has 1 fully saturated rings. The van der Waals surface area contributed by atoms with E-state index in [0.717, 1.165) is 39.9 Å². The van der Waals surface area contributed by atoms with Crippen LogP contribution in [0.3, 0.4) is 0 Å². The summed E-state index contributed by atoms with van der Waals surface area (Å²) in [5, 5.41) is 3.49. The van der Waals surface area contributed by atoms with Gasteiger partial charge in [-0.15, -0.1) is 0 Å². The lowest BCUT2D eigenvalue weighted by molar-refractivity contribution is -0.0750. The van der Waals surface area contributed by atoms with Gasteiger partial charge in [0.2, 0.25) is 0 Å². The topological polar surface area (TPSA) is 30.5 Å². The summed E-state index contributed by atoms with van der Waals surface area (Å²) in [7, 11) is 0. The molecule has 5 heteroatoms. The van der Waals surface area contributed by atoms with E-state index in [4.69, 9.17) is 9.47 Å². The van der Waals surface area contributed by atoms with Crippen LogP contribution in [0.5, 0.6) is 0 Å². The zero-order valence-electron chi connectivity index (χ0n) is 20.9. The monoisotopic (exact) mass is 477 g/mol. The normalized spacial score (nSPS) is 21.9. The van der Waals surface area contributed by atoms with Gasteiger partial charge in [-0.05, 0) is 91.7 Å². The number of hydrogen-bond donors (Lipinski definition) is 1. The van der Waals surface area contributed by atoms with Crippen molar-refractivity contribution in [3.8, 4) is 11.1 Å². The average Bonchev–Trinajstić information content (AvgIpc) is 3.15. The second-order valence-corrected chi connectivity index (χ2v) is 10.7. The van der Waals surface area contributed by atoms with Crippen LogP contribution in [0.25, 0.3) is 11.1 Å². The van der Waals surface area contributed by atoms with Gasteiger partial charge >= 0.3 is 0 Å². The molecule has 1 N–H and O–H groups in total. The minimum Gasteiger partial charge on any atom is -0.371 e. The molecular formula is C30H33F2NO2. The molecule has 3 nitrogen and oxygen atoms in total. The summed E-state index contributed by atoms with van der Waals surface area (Å²) in [5.74, 6) is -1.63. The number of rotatable bonds is 4. The van der Waals surface area contributed by atoms with Gasteiger partial charge in [-0.1, -0.05) is 42.5 Å².